The third kappa shape index (κ3) is 3.03. The minimum atomic E-state index is -1.23. The Bertz CT molecular complexity index is 691. The maximum absolute atomic E-state index is 11.4. The van der Waals surface area contributed by atoms with E-state index >= 15 is 0 Å². The van der Waals surface area contributed by atoms with E-state index in [-0.39, 0.29) is 5.56 Å². The van der Waals surface area contributed by atoms with Crippen molar-refractivity contribution in [2.75, 3.05) is 0 Å². The standard InChI is InChI=1S/C14H12ClNO3/c1-9-2-3-10(12(15)6-9)7-16-5-4-13(17)11(8-16)14(18)19/h2-6,8H,7H2,1H3,(H,18,19). The lowest BCUT2D eigenvalue weighted by atomic mass is 10.1. The molecule has 0 radical (unpaired) electrons. The zero-order valence-corrected chi connectivity index (χ0v) is 11.0. The van der Waals surface area contributed by atoms with Crippen LogP contribution >= 0.6 is 11.6 Å². The summed E-state index contributed by atoms with van der Waals surface area (Å²) in [5.74, 6) is -1.23. The SMILES string of the molecule is Cc1ccc(Cn2ccc(=O)c(C(=O)O)c2)c(Cl)c1. The predicted octanol–water partition coefficient (Wildman–Crippen LogP) is 2.56. The highest BCUT2D eigenvalue weighted by Crippen LogP contribution is 2.18. The van der Waals surface area contributed by atoms with Crippen LogP contribution in [0.2, 0.25) is 5.02 Å². The van der Waals surface area contributed by atoms with Crippen molar-refractivity contribution in [1.82, 2.24) is 4.57 Å². The molecule has 98 valence electrons. The molecule has 2 rings (SSSR count). The first-order valence-electron chi connectivity index (χ1n) is 5.66. The van der Waals surface area contributed by atoms with Gasteiger partial charge in [-0.3, -0.25) is 4.79 Å². The first-order valence-corrected chi connectivity index (χ1v) is 6.03. The summed E-state index contributed by atoms with van der Waals surface area (Å²) in [4.78, 5) is 22.3. The van der Waals surface area contributed by atoms with Gasteiger partial charge in [-0.05, 0) is 24.1 Å². The fraction of sp³-hybridized carbons (Fsp3) is 0.143. The summed E-state index contributed by atoms with van der Waals surface area (Å²) >= 11 is 6.12. The number of rotatable bonds is 3. The van der Waals surface area contributed by atoms with Gasteiger partial charge in [-0.25, -0.2) is 4.79 Å². The Hall–Kier alpha value is -2.07. The van der Waals surface area contributed by atoms with Gasteiger partial charge in [-0.15, -0.1) is 0 Å². The molecular weight excluding hydrogens is 266 g/mol. The molecule has 0 aliphatic heterocycles. The van der Waals surface area contributed by atoms with Gasteiger partial charge in [0.05, 0.1) is 0 Å². The van der Waals surface area contributed by atoms with E-state index in [1.54, 1.807) is 10.8 Å². The summed E-state index contributed by atoms with van der Waals surface area (Å²) in [5.41, 5.74) is 1.18. The van der Waals surface area contributed by atoms with Gasteiger partial charge in [0.1, 0.15) is 5.56 Å². The number of aryl methyl sites for hydroxylation is 1. The number of aromatic nitrogens is 1. The molecule has 0 bridgehead atoms. The summed E-state index contributed by atoms with van der Waals surface area (Å²) in [6.45, 7) is 2.36. The molecule has 0 saturated heterocycles. The molecule has 1 aromatic heterocycles. The fourth-order valence-corrected chi connectivity index (χ4v) is 2.06. The van der Waals surface area contributed by atoms with Crippen LogP contribution in [0.3, 0.4) is 0 Å². The lowest BCUT2D eigenvalue weighted by Crippen LogP contribution is -2.16. The summed E-state index contributed by atoms with van der Waals surface area (Å²) in [5, 5.41) is 9.53. The normalized spacial score (nSPS) is 10.4. The molecule has 2 aromatic rings. The molecule has 0 spiro atoms. The van der Waals surface area contributed by atoms with Crippen molar-refractivity contribution in [2.45, 2.75) is 13.5 Å². The number of hydrogen-bond acceptors (Lipinski definition) is 2. The Morgan fingerprint density at radius 3 is 2.74 bits per heavy atom. The second-order valence-electron chi connectivity index (χ2n) is 4.30. The molecule has 0 aliphatic rings. The molecule has 0 amide bonds. The second kappa shape index (κ2) is 5.28. The maximum atomic E-state index is 11.4. The Morgan fingerprint density at radius 1 is 1.37 bits per heavy atom. The Morgan fingerprint density at radius 2 is 2.11 bits per heavy atom. The van der Waals surface area contributed by atoms with E-state index < -0.39 is 11.4 Å². The minimum Gasteiger partial charge on any atom is -0.477 e. The van der Waals surface area contributed by atoms with Gasteiger partial charge in [0.2, 0.25) is 0 Å². The van der Waals surface area contributed by atoms with E-state index in [0.29, 0.717) is 11.6 Å². The van der Waals surface area contributed by atoms with E-state index in [9.17, 15) is 9.59 Å². The molecular formula is C14H12ClNO3. The number of halogens is 1. The Labute approximate surface area is 114 Å². The van der Waals surface area contributed by atoms with Crippen LogP contribution in [-0.4, -0.2) is 15.6 Å². The molecule has 0 atom stereocenters. The topological polar surface area (TPSA) is 59.3 Å². The van der Waals surface area contributed by atoms with Crippen LogP contribution in [0.5, 0.6) is 0 Å². The van der Waals surface area contributed by atoms with Crippen LogP contribution in [0.1, 0.15) is 21.5 Å². The van der Waals surface area contributed by atoms with Gasteiger partial charge >= 0.3 is 5.97 Å². The molecule has 0 aliphatic carbocycles. The van der Waals surface area contributed by atoms with Crippen LogP contribution in [-0.2, 0) is 6.54 Å². The van der Waals surface area contributed by atoms with E-state index in [1.807, 2.05) is 25.1 Å². The second-order valence-corrected chi connectivity index (χ2v) is 4.70. The summed E-state index contributed by atoms with van der Waals surface area (Å²) in [6.07, 6.45) is 2.87. The molecule has 19 heavy (non-hydrogen) atoms. The summed E-state index contributed by atoms with van der Waals surface area (Å²) in [7, 11) is 0. The summed E-state index contributed by atoms with van der Waals surface area (Å²) < 4.78 is 1.63. The number of nitrogens with zero attached hydrogens (tertiary/aromatic N) is 1. The Kier molecular flexibility index (Phi) is 3.71. The van der Waals surface area contributed by atoms with Crippen molar-refractivity contribution in [3.8, 4) is 0 Å². The lowest BCUT2D eigenvalue weighted by Gasteiger charge is -2.09. The molecule has 5 heteroatoms. The van der Waals surface area contributed by atoms with Crippen molar-refractivity contribution in [3.63, 3.8) is 0 Å². The number of hydrogen-bond donors (Lipinski definition) is 1. The third-order valence-corrected chi connectivity index (χ3v) is 3.12. The van der Waals surface area contributed by atoms with Crippen molar-refractivity contribution < 1.29 is 9.90 Å². The third-order valence-electron chi connectivity index (χ3n) is 2.77. The van der Waals surface area contributed by atoms with Crippen LogP contribution in [0, 0.1) is 6.92 Å². The van der Waals surface area contributed by atoms with Crippen molar-refractivity contribution >= 4 is 17.6 Å². The quantitative estimate of drug-likeness (QED) is 0.938. The van der Waals surface area contributed by atoms with E-state index in [4.69, 9.17) is 16.7 Å². The first-order chi connectivity index (χ1) is 8.97. The van der Waals surface area contributed by atoms with Crippen molar-refractivity contribution in [1.29, 1.82) is 0 Å². The predicted molar refractivity (Wildman–Crippen MR) is 73.0 cm³/mol. The van der Waals surface area contributed by atoms with Crippen molar-refractivity contribution in [2.24, 2.45) is 0 Å². The number of pyridine rings is 1. The molecule has 0 saturated carbocycles. The van der Waals surface area contributed by atoms with Gasteiger partial charge in [-0.2, -0.15) is 0 Å². The largest absolute Gasteiger partial charge is 0.477 e. The zero-order valence-electron chi connectivity index (χ0n) is 10.3. The molecule has 0 fully saturated rings. The molecule has 1 aromatic carbocycles. The number of carboxylic acids is 1. The summed E-state index contributed by atoms with van der Waals surface area (Å²) in [6, 6.07) is 6.90. The number of carboxylic acid groups (broad SMARTS) is 1. The average molecular weight is 278 g/mol. The lowest BCUT2D eigenvalue weighted by molar-refractivity contribution is 0.0694. The molecule has 1 N–H and O–H groups in total. The monoisotopic (exact) mass is 277 g/mol. The van der Waals surface area contributed by atoms with Crippen LogP contribution in [0.15, 0.2) is 41.5 Å². The number of aromatic carboxylic acids is 1. The van der Waals surface area contributed by atoms with Gasteiger partial charge in [0.25, 0.3) is 0 Å². The minimum absolute atomic E-state index is 0.245. The zero-order chi connectivity index (χ0) is 14.0. The fourth-order valence-electron chi connectivity index (χ4n) is 1.76. The number of benzene rings is 1. The van der Waals surface area contributed by atoms with Crippen LogP contribution < -0.4 is 5.43 Å². The molecule has 1 heterocycles. The highest BCUT2D eigenvalue weighted by Gasteiger charge is 2.09. The van der Waals surface area contributed by atoms with Crippen LogP contribution in [0.25, 0.3) is 0 Å². The average Bonchev–Trinajstić information content (AvgIpc) is 2.34. The molecule has 4 nitrogen and oxygen atoms in total. The maximum Gasteiger partial charge on any atom is 0.341 e. The van der Waals surface area contributed by atoms with Crippen molar-refractivity contribution in [3.05, 3.63) is 68.6 Å². The van der Waals surface area contributed by atoms with E-state index in [0.717, 1.165) is 11.1 Å². The number of carbonyl (C=O) groups is 1. The van der Waals surface area contributed by atoms with E-state index in [1.165, 1.54) is 12.3 Å². The van der Waals surface area contributed by atoms with Gasteiger partial charge in [-0.1, -0.05) is 23.7 Å². The smallest absolute Gasteiger partial charge is 0.341 e. The highest BCUT2D eigenvalue weighted by molar-refractivity contribution is 6.31. The van der Waals surface area contributed by atoms with Crippen LogP contribution in [0.4, 0.5) is 0 Å². The van der Waals surface area contributed by atoms with Gasteiger partial charge in [0.15, 0.2) is 5.43 Å². The van der Waals surface area contributed by atoms with E-state index in [2.05, 4.69) is 0 Å². The van der Waals surface area contributed by atoms with Gasteiger partial charge < -0.3 is 9.67 Å². The first kappa shape index (κ1) is 13.4. The van der Waals surface area contributed by atoms with Gasteiger partial charge in [0, 0.05) is 30.0 Å². The Balaban J connectivity index is 2.36. The molecule has 0 unspecified atom stereocenters. The highest BCUT2D eigenvalue weighted by atomic mass is 35.5.